The summed E-state index contributed by atoms with van der Waals surface area (Å²) >= 11 is 0. The number of aromatic nitrogens is 6. The van der Waals surface area contributed by atoms with Crippen molar-refractivity contribution in [2.24, 2.45) is 14.1 Å². The first-order valence-corrected chi connectivity index (χ1v) is 23.6. The number of anilines is 4. The minimum Gasteiger partial charge on any atom is -0.371 e. The van der Waals surface area contributed by atoms with Gasteiger partial charge in [-0.3, -0.25) is 24.1 Å². The number of hydrogen-bond donors (Lipinski definition) is 3. The van der Waals surface area contributed by atoms with Crippen molar-refractivity contribution in [1.29, 1.82) is 0 Å². The Morgan fingerprint density at radius 1 is 0.451 bits per heavy atom. The number of ether oxygens (including phenoxy) is 2. The highest BCUT2D eigenvalue weighted by Gasteiger charge is 2.49. The fraction of sp³-hybridized carbons (Fsp3) is 0.574. The van der Waals surface area contributed by atoms with Gasteiger partial charge in [0.1, 0.15) is 23.0 Å². The number of aryl methyl sites for hydroxylation is 2. The van der Waals surface area contributed by atoms with Crippen LogP contribution in [-0.2, 0) is 48.3 Å². The third-order valence-corrected chi connectivity index (χ3v) is 13.0. The van der Waals surface area contributed by atoms with E-state index < -0.39 is 102 Å². The normalized spacial score (nSPS) is 23.1. The van der Waals surface area contributed by atoms with Crippen molar-refractivity contribution >= 4 is 47.4 Å². The lowest BCUT2D eigenvalue weighted by molar-refractivity contribution is -0.144. The molecule has 4 unspecified atom stereocenters. The van der Waals surface area contributed by atoms with Crippen LogP contribution in [0.5, 0.6) is 0 Å². The van der Waals surface area contributed by atoms with Gasteiger partial charge in [0.2, 0.25) is 0 Å². The summed E-state index contributed by atoms with van der Waals surface area (Å²) in [6.07, 6.45) is -22.3. The second-order valence-electron chi connectivity index (χ2n) is 18.0. The van der Waals surface area contributed by atoms with Crippen LogP contribution < -0.4 is 19.6 Å². The van der Waals surface area contributed by atoms with E-state index in [0.717, 1.165) is 72.9 Å². The van der Waals surface area contributed by atoms with Crippen LogP contribution in [0.25, 0.3) is 0 Å². The summed E-state index contributed by atoms with van der Waals surface area (Å²) in [5.41, 5.74) is -3.75. The van der Waals surface area contributed by atoms with Crippen molar-refractivity contribution in [3.05, 3.63) is 71.3 Å². The minimum absolute atomic E-state index is 0. The second kappa shape index (κ2) is 25.9. The summed E-state index contributed by atoms with van der Waals surface area (Å²) in [6, 6.07) is 1.51. The first-order chi connectivity index (χ1) is 36.8. The van der Waals surface area contributed by atoms with E-state index in [9.17, 15) is 87.2 Å². The monoisotopic (exact) mass is 1200 g/mol. The average Bonchev–Trinajstić information content (AvgIpc) is 4.15. The molecule has 4 saturated heterocycles. The summed E-state index contributed by atoms with van der Waals surface area (Å²) < 4.78 is 164. The molecule has 8 rings (SSSR count). The van der Waals surface area contributed by atoms with E-state index in [1.54, 1.807) is 34.7 Å². The Kier molecular flexibility index (Phi) is 21.8. The number of alkyl halides is 12. The lowest BCUT2D eigenvalue weighted by atomic mass is 10.2. The van der Waals surface area contributed by atoms with E-state index in [1.165, 1.54) is 42.9 Å². The molecule has 4 aromatic heterocycles. The molecule has 4 fully saturated rings. The number of carbonyl (C=O) groups is 4. The third kappa shape index (κ3) is 14.1. The number of aliphatic hydroxyl groups excluding tert-OH is 3. The van der Waals surface area contributed by atoms with Gasteiger partial charge in [-0.05, 0) is 58.9 Å². The van der Waals surface area contributed by atoms with Crippen LogP contribution in [0, 0.1) is 0 Å². The molecule has 4 aliphatic heterocycles. The first-order valence-electron chi connectivity index (χ1n) is 23.6. The lowest BCUT2D eigenvalue weighted by Gasteiger charge is -2.21. The molecule has 0 aromatic carbocycles. The molecule has 0 radical (unpaired) electrons. The summed E-state index contributed by atoms with van der Waals surface area (Å²) in [7, 11) is 8.21. The summed E-state index contributed by atoms with van der Waals surface area (Å²) in [6.45, 7) is 9.05. The molecule has 4 aromatic rings. The number of likely N-dealkylation sites (N-methyl/N-ethyl adjacent to an activating group) is 4. The third-order valence-electron chi connectivity index (χ3n) is 13.0. The van der Waals surface area contributed by atoms with Gasteiger partial charge in [-0.2, -0.15) is 62.9 Å². The molecule has 8 heterocycles. The Morgan fingerprint density at radius 3 is 1.05 bits per heavy atom. The molecular formula is C47H64F12N14O9. The van der Waals surface area contributed by atoms with Crippen LogP contribution in [0.4, 0.5) is 95.1 Å². The Bertz CT molecular complexity index is 2670. The maximum atomic E-state index is 12.7. The molecule has 0 aliphatic carbocycles. The van der Waals surface area contributed by atoms with Crippen LogP contribution in [0.15, 0.2) is 48.8 Å². The van der Waals surface area contributed by atoms with Crippen LogP contribution >= 0.6 is 0 Å². The van der Waals surface area contributed by atoms with E-state index >= 15 is 0 Å². The largest absolute Gasteiger partial charge is 0.433 e. The minimum atomic E-state index is -4.56. The molecule has 23 nitrogen and oxygen atoms in total. The summed E-state index contributed by atoms with van der Waals surface area (Å²) in [5, 5.41) is 37.5. The average molecular weight is 1200 g/mol. The van der Waals surface area contributed by atoms with Gasteiger partial charge in [0, 0.05) is 80.0 Å². The predicted octanol–water partition coefficient (Wildman–Crippen LogP) is 7.68. The quantitative estimate of drug-likeness (QED) is 0.144. The molecule has 0 bridgehead atoms. The Hall–Kier alpha value is -7.24. The molecule has 0 spiro atoms. The highest BCUT2D eigenvalue weighted by molar-refractivity contribution is 5.96. The van der Waals surface area contributed by atoms with Crippen molar-refractivity contribution in [2.75, 3.05) is 61.0 Å². The Labute approximate surface area is 462 Å². The SMILES string of the molecule is C.C.CC1[C@H](C)N(C)C(=O)N1c1cc(C(F)(F)F)n(C)n1.CCO[C@@H]1C(O)N(c2cc(C(F)(F)F)ccn2)C(=O)N1C.CCO[C@H]1C(O)N(c2cc(C(F)(F)F)ccn2)C(=O)N1C.C[C@@H]1C(O)N(c2cc(C(F)(F)F)n(C)n2)C(=O)N1C. The molecule has 35 heteroatoms. The van der Waals surface area contributed by atoms with Crippen molar-refractivity contribution in [3.63, 3.8) is 0 Å². The van der Waals surface area contributed by atoms with Gasteiger partial charge < -0.3 is 34.6 Å². The number of hydrogen-bond acceptors (Lipinski definition) is 13. The number of rotatable bonds is 8. The summed E-state index contributed by atoms with van der Waals surface area (Å²) in [5.74, 6) is -0.750. The van der Waals surface area contributed by atoms with E-state index in [1.807, 2.05) is 6.92 Å². The first kappa shape index (κ1) is 69.0. The van der Waals surface area contributed by atoms with E-state index in [4.69, 9.17) is 9.47 Å². The van der Waals surface area contributed by atoms with Crippen molar-refractivity contribution in [2.45, 2.75) is 123 Å². The molecule has 4 aliphatic rings. The number of aliphatic hydroxyl groups is 3. The summed E-state index contributed by atoms with van der Waals surface area (Å²) in [4.78, 5) is 64.1. The highest BCUT2D eigenvalue weighted by Crippen LogP contribution is 2.38. The van der Waals surface area contributed by atoms with Crippen LogP contribution in [0.1, 0.15) is 72.0 Å². The van der Waals surface area contributed by atoms with Crippen molar-refractivity contribution < 1.29 is 96.7 Å². The Balaban J connectivity index is 0.000000285. The van der Waals surface area contributed by atoms with Gasteiger partial charge in [0.25, 0.3) is 0 Å². The highest BCUT2D eigenvalue weighted by atomic mass is 19.4. The van der Waals surface area contributed by atoms with Crippen LogP contribution in [0.2, 0.25) is 0 Å². The van der Waals surface area contributed by atoms with Gasteiger partial charge in [-0.15, -0.1) is 0 Å². The zero-order valence-electron chi connectivity index (χ0n) is 44.2. The van der Waals surface area contributed by atoms with Gasteiger partial charge >= 0.3 is 48.8 Å². The topological polar surface area (TPSA) is 235 Å². The number of nitrogens with zero attached hydrogens (tertiary/aromatic N) is 14. The smallest absolute Gasteiger partial charge is 0.371 e. The van der Waals surface area contributed by atoms with Gasteiger partial charge in [0.05, 0.1) is 29.3 Å². The van der Waals surface area contributed by atoms with Gasteiger partial charge in [-0.25, -0.2) is 43.8 Å². The maximum Gasteiger partial charge on any atom is 0.433 e. The van der Waals surface area contributed by atoms with E-state index in [-0.39, 0.29) is 69.5 Å². The molecular weight excluding hydrogens is 1130 g/mol. The molecule has 460 valence electrons. The van der Waals surface area contributed by atoms with Crippen molar-refractivity contribution in [3.8, 4) is 0 Å². The molecule has 3 N–H and O–H groups in total. The Morgan fingerprint density at radius 2 is 0.768 bits per heavy atom. The molecule has 8 atom stereocenters. The molecule has 0 saturated carbocycles. The zero-order chi connectivity index (χ0) is 60.6. The number of halogens is 12. The number of carbonyl (C=O) groups excluding carboxylic acids is 4. The standard InChI is InChI=1S/2C12H14F3N3O3.C11H15F3N4O.C10H13F3N4O2.2CH4/c2*1-3-21-10-9(19)18(11(20)17(10)2)8-6-7(4-5-16-8)12(13,14)15;1-6-7(2)18(10(19)16(6)3)9-5-8(11(12,13)14)17(4)15-9;1-5-8(18)17(9(19)15(5)2)7-4-6(10(11,12)13)16(3)14-7;;/h2*4-6,9-10,19H,3H2,1-2H3;5-7H,1-4H3;4-5,8,18H,1-3H3;2*1H4/t2*9?,10-;6-,7?;5-,8?;;/m1001../s1. The fourth-order valence-electron chi connectivity index (χ4n) is 8.24. The number of urea groups is 4. The molecule has 8 amide bonds. The lowest BCUT2D eigenvalue weighted by Crippen LogP contribution is -2.38. The zero-order valence-corrected chi connectivity index (χ0v) is 44.2. The fourth-order valence-corrected chi connectivity index (χ4v) is 8.24. The predicted molar refractivity (Wildman–Crippen MR) is 268 cm³/mol. The number of pyridine rings is 2. The van der Waals surface area contributed by atoms with Crippen LogP contribution in [-0.4, -0.2) is 179 Å². The maximum absolute atomic E-state index is 12.7. The van der Waals surface area contributed by atoms with E-state index in [0.29, 0.717) is 16.8 Å². The molecule has 82 heavy (non-hydrogen) atoms. The number of amides is 8. The van der Waals surface area contributed by atoms with Gasteiger partial charge in [0.15, 0.2) is 42.8 Å². The van der Waals surface area contributed by atoms with Crippen molar-refractivity contribution in [1.82, 2.24) is 49.1 Å². The second-order valence-corrected chi connectivity index (χ2v) is 18.0. The van der Waals surface area contributed by atoms with Crippen LogP contribution in [0.3, 0.4) is 0 Å². The van der Waals surface area contributed by atoms with E-state index in [2.05, 4.69) is 20.2 Å². The van der Waals surface area contributed by atoms with Gasteiger partial charge in [-0.1, -0.05) is 14.9 Å².